The first-order valence-electron chi connectivity index (χ1n) is 11.8. The molecule has 8 nitrogen and oxygen atoms in total. The predicted molar refractivity (Wildman–Crippen MR) is 127 cm³/mol. The average molecular weight is 482 g/mol. The Bertz CT molecular complexity index is 1370. The molecule has 3 heterocycles. The fraction of sp³-hybridized carbons (Fsp3) is 0.400. The van der Waals surface area contributed by atoms with Crippen LogP contribution < -0.4 is 9.47 Å². The summed E-state index contributed by atoms with van der Waals surface area (Å²) in [5.74, 6) is 0.953. The Morgan fingerprint density at radius 2 is 1.65 bits per heavy atom. The van der Waals surface area contributed by atoms with Gasteiger partial charge in [0.2, 0.25) is 10.0 Å². The highest BCUT2D eigenvalue weighted by molar-refractivity contribution is 7.89. The molecule has 3 aliphatic rings. The predicted octanol–water partition coefficient (Wildman–Crippen LogP) is 2.96. The Morgan fingerprint density at radius 3 is 2.47 bits per heavy atom. The number of nitrogens with one attached hydrogen (secondary N) is 1. The summed E-state index contributed by atoms with van der Waals surface area (Å²) in [6, 6.07) is 10.6. The number of H-pyrrole nitrogens is 1. The summed E-state index contributed by atoms with van der Waals surface area (Å²) in [7, 11) is -3.69. The van der Waals surface area contributed by atoms with Crippen molar-refractivity contribution in [2.24, 2.45) is 0 Å². The minimum atomic E-state index is -3.69. The van der Waals surface area contributed by atoms with Crippen molar-refractivity contribution in [3.05, 3.63) is 53.2 Å². The number of hydrogen-bond donors (Lipinski definition) is 1. The Morgan fingerprint density at radius 1 is 0.882 bits per heavy atom. The third-order valence-corrected chi connectivity index (χ3v) is 8.92. The zero-order valence-electron chi connectivity index (χ0n) is 18.9. The molecule has 0 unspecified atom stereocenters. The fourth-order valence-corrected chi connectivity index (χ4v) is 6.62. The molecule has 34 heavy (non-hydrogen) atoms. The number of piperazine rings is 1. The van der Waals surface area contributed by atoms with E-state index in [4.69, 9.17) is 9.47 Å². The molecule has 178 valence electrons. The molecule has 9 heteroatoms. The van der Waals surface area contributed by atoms with Gasteiger partial charge in [0.1, 0.15) is 13.2 Å². The average Bonchev–Trinajstić information content (AvgIpc) is 3.26. The van der Waals surface area contributed by atoms with Crippen molar-refractivity contribution >= 4 is 26.8 Å². The SMILES string of the molecule is O=C(c1ccc2[nH]c3c(c2c1)CCCC3)N1CCN(S(=O)(=O)c2ccc3c(c2)OCCO3)CC1. The molecule has 0 atom stereocenters. The molecular weight excluding hydrogens is 454 g/mol. The number of fused-ring (bicyclic) bond motifs is 4. The van der Waals surface area contributed by atoms with E-state index in [1.807, 2.05) is 18.2 Å². The van der Waals surface area contributed by atoms with Crippen molar-refractivity contribution in [3.63, 3.8) is 0 Å². The fourth-order valence-electron chi connectivity index (χ4n) is 5.19. The van der Waals surface area contributed by atoms with Crippen LogP contribution >= 0.6 is 0 Å². The van der Waals surface area contributed by atoms with Crippen molar-refractivity contribution in [2.75, 3.05) is 39.4 Å². The molecule has 2 aliphatic heterocycles. The van der Waals surface area contributed by atoms with Crippen molar-refractivity contribution in [1.29, 1.82) is 0 Å². The molecular formula is C25H27N3O5S. The lowest BCUT2D eigenvalue weighted by atomic mass is 9.95. The van der Waals surface area contributed by atoms with Crippen LogP contribution in [0.25, 0.3) is 10.9 Å². The van der Waals surface area contributed by atoms with Gasteiger partial charge in [0.05, 0.1) is 4.90 Å². The number of amides is 1. The van der Waals surface area contributed by atoms with Crippen molar-refractivity contribution in [3.8, 4) is 11.5 Å². The van der Waals surface area contributed by atoms with E-state index in [9.17, 15) is 13.2 Å². The normalized spacial score (nSPS) is 18.6. The molecule has 0 bridgehead atoms. The smallest absolute Gasteiger partial charge is 0.253 e. The van der Waals surface area contributed by atoms with Crippen molar-refractivity contribution in [2.45, 2.75) is 30.6 Å². The third-order valence-electron chi connectivity index (χ3n) is 7.02. The lowest BCUT2D eigenvalue weighted by molar-refractivity contribution is 0.0698. The highest BCUT2D eigenvalue weighted by Gasteiger charge is 2.31. The third kappa shape index (κ3) is 3.63. The number of carbonyl (C=O) groups excluding carboxylic acids is 1. The number of ether oxygens (including phenoxy) is 2. The quantitative estimate of drug-likeness (QED) is 0.621. The van der Waals surface area contributed by atoms with Crippen LogP contribution in [0.1, 0.15) is 34.5 Å². The standard InChI is InChI=1S/C25H27N3O5S/c29-25(17-5-7-22-20(15-17)19-3-1-2-4-21(19)26-22)27-9-11-28(12-10-27)34(30,31)18-6-8-23-24(16-18)33-14-13-32-23/h5-8,15-16,26H,1-4,9-14H2. The zero-order valence-corrected chi connectivity index (χ0v) is 19.7. The van der Waals surface area contributed by atoms with E-state index in [2.05, 4.69) is 4.98 Å². The van der Waals surface area contributed by atoms with Crippen LogP contribution in [0.15, 0.2) is 41.3 Å². The van der Waals surface area contributed by atoms with Crippen LogP contribution in [0.2, 0.25) is 0 Å². The maximum absolute atomic E-state index is 13.2. The van der Waals surface area contributed by atoms with Gasteiger partial charge in [-0.25, -0.2) is 8.42 Å². The molecule has 1 N–H and O–H groups in total. The molecule has 3 aromatic rings. The van der Waals surface area contributed by atoms with E-state index in [1.165, 1.54) is 34.5 Å². The molecule has 1 amide bonds. The van der Waals surface area contributed by atoms with Gasteiger partial charge in [-0.1, -0.05) is 0 Å². The number of aromatic nitrogens is 1. The molecule has 0 spiro atoms. The number of rotatable bonds is 3. The second-order valence-electron chi connectivity index (χ2n) is 9.05. The van der Waals surface area contributed by atoms with E-state index in [0.29, 0.717) is 43.4 Å². The van der Waals surface area contributed by atoms with Crippen LogP contribution in [0.5, 0.6) is 11.5 Å². The summed E-state index contributed by atoms with van der Waals surface area (Å²) in [5.41, 5.74) is 4.37. The highest BCUT2D eigenvalue weighted by atomic mass is 32.2. The summed E-state index contributed by atoms with van der Waals surface area (Å²) in [6.45, 7) is 2.07. The number of sulfonamides is 1. The van der Waals surface area contributed by atoms with E-state index in [1.54, 1.807) is 17.0 Å². The first-order valence-corrected chi connectivity index (χ1v) is 13.3. The Hall–Kier alpha value is -3.04. The van der Waals surface area contributed by atoms with Gasteiger partial charge in [0.25, 0.3) is 5.91 Å². The lowest BCUT2D eigenvalue weighted by Gasteiger charge is -2.34. The molecule has 1 fully saturated rings. The lowest BCUT2D eigenvalue weighted by Crippen LogP contribution is -2.50. The largest absolute Gasteiger partial charge is 0.486 e. The number of hydrogen-bond acceptors (Lipinski definition) is 5. The van der Waals surface area contributed by atoms with Gasteiger partial charge in [-0.05, 0) is 61.6 Å². The molecule has 1 saturated heterocycles. The number of nitrogens with zero attached hydrogens (tertiary/aromatic N) is 2. The van der Waals surface area contributed by atoms with Crippen LogP contribution in [-0.4, -0.2) is 67.9 Å². The summed E-state index contributed by atoms with van der Waals surface area (Å²) in [4.78, 5) is 18.7. The van der Waals surface area contributed by atoms with Crippen LogP contribution in [0, 0.1) is 0 Å². The van der Waals surface area contributed by atoms with Crippen LogP contribution in [0.3, 0.4) is 0 Å². The van der Waals surface area contributed by atoms with Gasteiger partial charge in [-0.3, -0.25) is 4.79 Å². The topological polar surface area (TPSA) is 91.9 Å². The number of benzene rings is 2. The first kappa shape index (κ1) is 21.5. The number of carbonyl (C=O) groups is 1. The summed E-state index contributed by atoms with van der Waals surface area (Å²) in [6.07, 6.45) is 4.49. The van der Waals surface area contributed by atoms with Crippen molar-refractivity contribution in [1.82, 2.24) is 14.2 Å². The van der Waals surface area contributed by atoms with E-state index in [0.717, 1.165) is 23.7 Å². The van der Waals surface area contributed by atoms with Gasteiger partial charge < -0.3 is 19.4 Å². The van der Waals surface area contributed by atoms with E-state index >= 15 is 0 Å². The van der Waals surface area contributed by atoms with Gasteiger partial charge in [-0.2, -0.15) is 4.31 Å². The van der Waals surface area contributed by atoms with Gasteiger partial charge >= 0.3 is 0 Å². The molecule has 1 aliphatic carbocycles. The molecule has 0 radical (unpaired) electrons. The van der Waals surface area contributed by atoms with Gasteiger partial charge in [-0.15, -0.1) is 0 Å². The zero-order chi connectivity index (χ0) is 23.3. The Labute approximate surface area is 198 Å². The van der Waals surface area contributed by atoms with Gasteiger partial charge in [0.15, 0.2) is 11.5 Å². The maximum atomic E-state index is 13.2. The first-order chi connectivity index (χ1) is 16.5. The molecule has 6 rings (SSSR count). The minimum Gasteiger partial charge on any atom is -0.486 e. The Balaban J connectivity index is 1.17. The summed E-state index contributed by atoms with van der Waals surface area (Å²) >= 11 is 0. The highest BCUT2D eigenvalue weighted by Crippen LogP contribution is 2.34. The van der Waals surface area contributed by atoms with Crippen LogP contribution in [-0.2, 0) is 22.9 Å². The Kier molecular flexibility index (Phi) is 5.26. The second-order valence-corrected chi connectivity index (χ2v) is 11.0. The molecule has 0 saturated carbocycles. The molecule has 1 aromatic heterocycles. The molecule has 2 aromatic carbocycles. The summed E-state index contributed by atoms with van der Waals surface area (Å²) in [5, 5.41) is 1.14. The monoisotopic (exact) mass is 481 g/mol. The maximum Gasteiger partial charge on any atom is 0.253 e. The minimum absolute atomic E-state index is 0.0518. The van der Waals surface area contributed by atoms with E-state index < -0.39 is 10.0 Å². The number of aromatic amines is 1. The second kappa shape index (κ2) is 8.32. The summed E-state index contributed by atoms with van der Waals surface area (Å²) < 4.78 is 38.9. The van der Waals surface area contributed by atoms with Gasteiger partial charge in [0, 0.05) is 54.4 Å². The van der Waals surface area contributed by atoms with E-state index in [-0.39, 0.29) is 23.9 Å². The van der Waals surface area contributed by atoms with Crippen LogP contribution in [0.4, 0.5) is 0 Å². The van der Waals surface area contributed by atoms with Crippen molar-refractivity contribution < 1.29 is 22.7 Å². The number of aryl methyl sites for hydroxylation is 2.